The van der Waals surface area contributed by atoms with Crippen LogP contribution in [-0.4, -0.2) is 0 Å². The van der Waals surface area contributed by atoms with Crippen LogP contribution in [0.2, 0.25) is 0 Å². The van der Waals surface area contributed by atoms with Crippen LogP contribution in [0.25, 0.3) is 5.57 Å². The molecule has 0 amide bonds. The Morgan fingerprint density at radius 1 is 0.850 bits per heavy atom. The SMILES string of the molecule is c1cc2c(c(C3CCCCCCC3)c1)C1=C(CCC1)[N]2. The largest absolute Gasteiger partial charge is 0.253 e. The fraction of sp³-hybridized carbons (Fsp3) is 0.579. The van der Waals surface area contributed by atoms with Crippen LogP contribution in [0.5, 0.6) is 0 Å². The van der Waals surface area contributed by atoms with Gasteiger partial charge in [-0.05, 0) is 55.2 Å². The minimum atomic E-state index is 0.785. The van der Waals surface area contributed by atoms with Crippen molar-refractivity contribution in [3.05, 3.63) is 35.0 Å². The molecule has 0 saturated heterocycles. The molecule has 1 heterocycles. The van der Waals surface area contributed by atoms with Gasteiger partial charge in [-0.1, -0.05) is 44.2 Å². The van der Waals surface area contributed by atoms with Gasteiger partial charge in [-0.3, -0.25) is 5.32 Å². The standard InChI is InChI=1S/C19H24N/c1-2-4-8-14(9-5-3-1)15-10-6-13-18-19(15)16-11-7-12-17(16)20-18/h6,10,13-14H,1-5,7-9,11-12H2. The van der Waals surface area contributed by atoms with E-state index in [0.717, 1.165) is 5.92 Å². The minimum absolute atomic E-state index is 0.785. The van der Waals surface area contributed by atoms with E-state index in [0.29, 0.717) is 0 Å². The van der Waals surface area contributed by atoms with Crippen molar-refractivity contribution >= 4 is 11.3 Å². The van der Waals surface area contributed by atoms with Crippen LogP contribution >= 0.6 is 0 Å². The van der Waals surface area contributed by atoms with E-state index in [4.69, 9.17) is 5.32 Å². The first-order chi connectivity index (χ1) is 9.93. The Hall–Kier alpha value is -1.24. The lowest BCUT2D eigenvalue weighted by Gasteiger charge is -2.23. The van der Waals surface area contributed by atoms with Crippen LogP contribution < -0.4 is 5.32 Å². The van der Waals surface area contributed by atoms with Crippen LogP contribution in [0.15, 0.2) is 23.9 Å². The Morgan fingerprint density at radius 2 is 1.65 bits per heavy atom. The van der Waals surface area contributed by atoms with E-state index in [2.05, 4.69) is 18.2 Å². The third-order valence-corrected chi connectivity index (χ3v) is 5.37. The summed E-state index contributed by atoms with van der Waals surface area (Å²) in [6.45, 7) is 0. The molecule has 0 atom stereocenters. The van der Waals surface area contributed by atoms with Crippen LogP contribution in [0.3, 0.4) is 0 Å². The number of benzene rings is 1. The molecule has 1 heteroatoms. The minimum Gasteiger partial charge on any atom is -0.253 e. The van der Waals surface area contributed by atoms with Gasteiger partial charge in [-0.25, -0.2) is 0 Å². The first-order valence-corrected chi connectivity index (χ1v) is 8.50. The summed E-state index contributed by atoms with van der Waals surface area (Å²) in [6, 6.07) is 6.85. The molecule has 1 radical (unpaired) electrons. The van der Waals surface area contributed by atoms with Crippen LogP contribution in [-0.2, 0) is 0 Å². The smallest absolute Gasteiger partial charge is 0.0711 e. The predicted octanol–water partition coefficient (Wildman–Crippen LogP) is 5.66. The molecule has 1 saturated carbocycles. The Balaban J connectivity index is 1.70. The van der Waals surface area contributed by atoms with Crippen LogP contribution in [0, 0.1) is 0 Å². The van der Waals surface area contributed by atoms with Crippen molar-refractivity contribution in [3.8, 4) is 0 Å². The van der Waals surface area contributed by atoms with Gasteiger partial charge < -0.3 is 0 Å². The maximum Gasteiger partial charge on any atom is 0.0711 e. The second kappa shape index (κ2) is 5.27. The second-order valence-corrected chi connectivity index (χ2v) is 6.67. The fourth-order valence-corrected chi connectivity index (χ4v) is 4.35. The van der Waals surface area contributed by atoms with E-state index < -0.39 is 0 Å². The van der Waals surface area contributed by atoms with Crippen molar-refractivity contribution in [2.24, 2.45) is 0 Å². The second-order valence-electron chi connectivity index (χ2n) is 6.67. The molecule has 0 aromatic heterocycles. The van der Waals surface area contributed by atoms with Gasteiger partial charge in [0.05, 0.1) is 5.69 Å². The van der Waals surface area contributed by atoms with E-state index in [9.17, 15) is 0 Å². The molecule has 20 heavy (non-hydrogen) atoms. The molecular weight excluding hydrogens is 242 g/mol. The molecule has 4 rings (SSSR count). The van der Waals surface area contributed by atoms with E-state index in [1.165, 1.54) is 75.6 Å². The van der Waals surface area contributed by atoms with Crippen molar-refractivity contribution in [2.75, 3.05) is 0 Å². The molecule has 1 aromatic rings. The van der Waals surface area contributed by atoms with Gasteiger partial charge in [-0.2, -0.15) is 0 Å². The summed E-state index contributed by atoms with van der Waals surface area (Å²) in [5, 5.41) is 4.89. The lowest BCUT2D eigenvalue weighted by molar-refractivity contribution is 0.455. The zero-order valence-electron chi connectivity index (χ0n) is 12.3. The maximum absolute atomic E-state index is 4.89. The van der Waals surface area contributed by atoms with Crippen molar-refractivity contribution in [3.63, 3.8) is 0 Å². The lowest BCUT2D eigenvalue weighted by atomic mass is 9.82. The summed E-state index contributed by atoms with van der Waals surface area (Å²) < 4.78 is 0. The molecule has 1 nitrogen and oxygen atoms in total. The monoisotopic (exact) mass is 266 g/mol. The Bertz CT molecular complexity index is 533. The van der Waals surface area contributed by atoms with Crippen molar-refractivity contribution in [1.29, 1.82) is 0 Å². The van der Waals surface area contributed by atoms with Gasteiger partial charge in [0.2, 0.25) is 0 Å². The summed E-state index contributed by atoms with van der Waals surface area (Å²) in [5.41, 5.74) is 7.44. The number of nitrogens with zero attached hydrogens (tertiary/aromatic N) is 1. The molecule has 0 N–H and O–H groups in total. The van der Waals surface area contributed by atoms with E-state index in [-0.39, 0.29) is 0 Å². The third-order valence-electron chi connectivity index (χ3n) is 5.37. The van der Waals surface area contributed by atoms with Crippen molar-refractivity contribution < 1.29 is 0 Å². The highest BCUT2D eigenvalue weighted by molar-refractivity contribution is 5.85. The van der Waals surface area contributed by atoms with Gasteiger partial charge in [0.15, 0.2) is 0 Å². The van der Waals surface area contributed by atoms with Crippen molar-refractivity contribution in [2.45, 2.75) is 70.1 Å². The number of hydrogen-bond donors (Lipinski definition) is 0. The molecular formula is C19H24N. The van der Waals surface area contributed by atoms with Gasteiger partial charge >= 0.3 is 0 Å². The van der Waals surface area contributed by atoms with Crippen LogP contribution in [0.4, 0.5) is 5.69 Å². The maximum atomic E-state index is 4.89. The summed E-state index contributed by atoms with van der Waals surface area (Å²) in [7, 11) is 0. The molecule has 0 unspecified atom stereocenters. The Kier molecular flexibility index (Phi) is 3.29. The predicted molar refractivity (Wildman–Crippen MR) is 84.1 cm³/mol. The van der Waals surface area contributed by atoms with Gasteiger partial charge in [0, 0.05) is 11.3 Å². The molecule has 1 aromatic carbocycles. The first-order valence-electron chi connectivity index (χ1n) is 8.50. The summed E-state index contributed by atoms with van der Waals surface area (Å²) >= 11 is 0. The first kappa shape index (κ1) is 12.5. The average molecular weight is 266 g/mol. The highest BCUT2D eigenvalue weighted by atomic mass is 14.9. The highest BCUT2D eigenvalue weighted by Gasteiger charge is 2.30. The van der Waals surface area contributed by atoms with Gasteiger partial charge in [-0.15, -0.1) is 0 Å². The zero-order valence-corrected chi connectivity index (χ0v) is 12.3. The average Bonchev–Trinajstić information content (AvgIpc) is 2.98. The highest BCUT2D eigenvalue weighted by Crippen LogP contribution is 2.48. The quantitative estimate of drug-likeness (QED) is 0.622. The molecule has 2 aliphatic carbocycles. The van der Waals surface area contributed by atoms with Crippen molar-refractivity contribution in [1.82, 2.24) is 5.32 Å². The number of allylic oxidation sites excluding steroid dienone is 2. The topological polar surface area (TPSA) is 14.1 Å². The van der Waals surface area contributed by atoms with Gasteiger partial charge in [0.1, 0.15) is 0 Å². The molecule has 0 spiro atoms. The van der Waals surface area contributed by atoms with Crippen LogP contribution in [0.1, 0.15) is 81.3 Å². The summed E-state index contributed by atoms with van der Waals surface area (Å²) in [5.74, 6) is 0.785. The molecule has 0 bridgehead atoms. The lowest BCUT2D eigenvalue weighted by Crippen LogP contribution is -2.05. The van der Waals surface area contributed by atoms with E-state index >= 15 is 0 Å². The molecule has 1 aliphatic heterocycles. The molecule has 105 valence electrons. The Morgan fingerprint density at radius 3 is 2.50 bits per heavy atom. The fourth-order valence-electron chi connectivity index (χ4n) is 4.35. The number of hydrogen-bond acceptors (Lipinski definition) is 0. The normalized spacial score (nSPS) is 23.0. The van der Waals surface area contributed by atoms with E-state index in [1.807, 2.05) is 0 Å². The molecule has 1 fully saturated rings. The zero-order chi connectivity index (χ0) is 13.4. The number of rotatable bonds is 1. The summed E-state index contributed by atoms with van der Waals surface area (Å²) in [6.07, 6.45) is 13.7. The number of fused-ring (bicyclic) bond motifs is 2. The Labute approximate surface area is 122 Å². The van der Waals surface area contributed by atoms with E-state index in [1.54, 1.807) is 16.7 Å². The van der Waals surface area contributed by atoms with Gasteiger partial charge in [0.25, 0.3) is 0 Å². The molecule has 3 aliphatic rings. The summed E-state index contributed by atoms with van der Waals surface area (Å²) in [4.78, 5) is 0. The third kappa shape index (κ3) is 2.08.